The topological polar surface area (TPSA) is 217 Å². The maximum atomic E-state index is 8.63. The molecule has 0 aromatic carbocycles. The quantitative estimate of drug-likeness (QED) is 0.209. The fourth-order valence-corrected chi connectivity index (χ4v) is 0. The Kier molecular flexibility index (Phi) is 78.5. The first-order chi connectivity index (χ1) is 2.00. The Bertz CT molecular complexity index is 100. The zero-order valence-corrected chi connectivity index (χ0v) is 6.97. The third kappa shape index (κ3) is 8170. The minimum absolute atomic E-state index is 0. The molecule has 0 heterocycles. The molecule has 0 fully saturated rings. The van der Waals surface area contributed by atoms with Gasteiger partial charge in [-0.25, -0.2) is 8.42 Å². The Labute approximate surface area is 70.1 Å². The van der Waals surface area contributed by atoms with Gasteiger partial charge in [-0.2, -0.15) is 0 Å². The molecule has 0 aromatic heterocycles. The SMILES string of the molecule is N.N.N.N.O=S(=O)([O-])O.[Cu+]. The molecule has 0 bridgehead atoms. The van der Waals surface area contributed by atoms with E-state index in [2.05, 4.69) is 0 Å². The molecule has 0 amide bonds. The van der Waals surface area contributed by atoms with Gasteiger partial charge >= 0.3 is 17.1 Å². The van der Waals surface area contributed by atoms with Gasteiger partial charge in [0.25, 0.3) is 0 Å². The van der Waals surface area contributed by atoms with Crippen molar-refractivity contribution in [1.29, 1.82) is 0 Å². The van der Waals surface area contributed by atoms with Crippen molar-refractivity contribution in [3.8, 4) is 0 Å². The molecule has 0 saturated carbocycles. The van der Waals surface area contributed by atoms with Gasteiger partial charge in [0.2, 0.25) is 10.4 Å². The van der Waals surface area contributed by atoms with Crippen LogP contribution in [0.25, 0.3) is 0 Å². The van der Waals surface area contributed by atoms with Gasteiger partial charge in [-0.1, -0.05) is 0 Å². The molecule has 0 spiro atoms. The average molecular weight is 229 g/mol. The maximum absolute atomic E-state index is 8.63. The van der Waals surface area contributed by atoms with Crippen LogP contribution in [-0.2, 0) is 27.5 Å². The minimum Gasteiger partial charge on any atom is -0.726 e. The Morgan fingerprint density at radius 2 is 1.00 bits per heavy atom. The summed E-state index contributed by atoms with van der Waals surface area (Å²) >= 11 is 0. The molecule has 8 nitrogen and oxygen atoms in total. The van der Waals surface area contributed by atoms with Crippen LogP contribution in [0.5, 0.6) is 0 Å². The van der Waals surface area contributed by atoms with E-state index in [4.69, 9.17) is 17.5 Å². The summed E-state index contributed by atoms with van der Waals surface area (Å²) < 4.78 is 32.8. The Morgan fingerprint density at radius 3 is 1.00 bits per heavy atom. The summed E-state index contributed by atoms with van der Waals surface area (Å²) in [5.41, 5.74) is 0. The van der Waals surface area contributed by atoms with E-state index in [0.29, 0.717) is 0 Å². The van der Waals surface area contributed by atoms with E-state index in [1.54, 1.807) is 0 Å². The van der Waals surface area contributed by atoms with Crippen LogP contribution in [0.4, 0.5) is 0 Å². The molecule has 0 aromatic rings. The van der Waals surface area contributed by atoms with Crippen molar-refractivity contribution in [2.45, 2.75) is 0 Å². The second-order valence-electron chi connectivity index (χ2n) is 0.428. The largest absolute Gasteiger partial charge is 1.00 e. The van der Waals surface area contributed by atoms with Gasteiger partial charge in [0.05, 0.1) is 0 Å². The second-order valence-corrected chi connectivity index (χ2v) is 1.28. The molecule has 0 radical (unpaired) electrons. The van der Waals surface area contributed by atoms with Gasteiger partial charge in [-0.3, -0.25) is 4.55 Å². The molecular weight excluding hydrogens is 216 g/mol. The van der Waals surface area contributed by atoms with Gasteiger partial charge in [0.15, 0.2) is 0 Å². The van der Waals surface area contributed by atoms with Crippen LogP contribution in [0.3, 0.4) is 0 Å². The molecule has 0 aliphatic carbocycles. The van der Waals surface area contributed by atoms with Crippen molar-refractivity contribution >= 4 is 10.4 Å². The Hall–Kier alpha value is 0.229. The summed E-state index contributed by atoms with van der Waals surface area (Å²) in [7, 11) is -4.92. The fraction of sp³-hybridized carbons (Fsp3) is 0. The van der Waals surface area contributed by atoms with E-state index < -0.39 is 10.4 Å². The van der Waals surface area contributed by atoms with Crippen LogP contribution >= 0.6 is 0 Å². The van der Waals surface area contributed by atoms with Crippen LogP contribution in [0, 0.1) is 0 Å². The Morgan fingerprint density at radius 1 is 1.00 bits per heavy atom. The first-order valence-electron chi connectivity index (χ1n) is 0.683. The first-order valence-corrected chi connectivity index (χ1v) is 2.05. The van der Waals surface area contributed by atoms with Crippen molar-refractivity contribution < 1.29 is 34.6 Å². The summed E-state index contributed by atoms with van der Waals surface area (Å²) in [4.78, 5) is 0. The van der Waals surface area contributed by atoms with Gasteiger partial charge in [0, 0.05) is 0 Å². The summed E-state index contributed by atoms with van der Waals surface area (Å²) in [6.45, 7) is 0. The van der Waals surface area contributed by atoms with Crippen LogP contribution in [-0.4, -0.2) is 17.5 Å². The van der Waals surface area contributed by atoms with Crippen LogP contribution in [0.1, 0.15) is 0 Å². The molecule has 0 rings (SSSR count). The number of hydrogen-bond acceptors (Lipinski definition) is 7. The van der Waals surface area contributed by atoms with Crippen LogP contribution in [0.2, 0.25) is 0 Å². The summed E-state index contributed by atoms with van der Waals surface area (Å²) in [5.74, 6) is 0. The van der Waals surface area contributed by atoms with E-state index in [9.17, 15) is 0 Å². The average Bonchev–Trinajstić information content (AvgIpc) is 0.722. The predicted octanol–water partition coefficient (Wildman–Crippen LogP) is -0.350. The molecule has 10 heavy (non-hydrogen) atoms. The molecule has 0 saturated heterocycles. The van der Waals surface area contributed by atoms with E-state index in [-0.39, 0.29) is 41.7 Å². The van der Waals surface area contributed by atoms with Crippen molar-refractivity contribution in [1.82, 2.24) is 24.6 Å². The van der Waals surface area contributed by atoms with E-state index >= 15 is 0 Å². The summed E-state index contributed by atoms with van der Waals surface area (Å²) in [5, 5.41) is 0. The van der Waals surface area contributed by atoms with Crippen molar-refractivity contribution in [3.05, 3.63) is 0 Å². The van der Waals surface area contributed by atoms with Crippen LogP contribution < -0.4 is 24.6 Å². The van der Waals surface area contributed by atoms with Gasteiger partial charge < -0.3 is 29.2 Å². The molecule has 10 heteroatoms. The minimum atomic E-state index is -4.92. The normalized spacial score (nSPS) is 5.80. The molecule has 0 aliphatic heterocycles. The van der Waals surface area contributed by atoms with Gasteiger partial charge in [-0.05, 0) is 0 Å². The third-order valence-electron chi connectivity index (χ3n) is 0. The molecule has 13 N–H and O–H groups in total. The zero-order chi connectivity index (χ0) is 4.50. The number of rotatable bonds is 0. The predicted molar refractivity (Wildman–Crippen MR) is 32.4 cm³/mol. The van der Waals surface area contributed by atoms with Crippen molar-refractivity contribution in [2.24, 2.45) is 0 Å². The van der Waals surface area contributed by atoms with Crippen molar-refractivity contribution in [2.75, 3.05) is 0 Å². The van der Waals surface area contributed by atoms with E-state index in [0.717, 1.165) is 0 Å². The zero-order valence-electron chi connectivity index (χ0n) is 5.21. The van der Waals surface area contributed by atoms with Gasteiger partial charge in [-0.15, -0.1) is 0 Å². The summed E-state index contributed by atoms with van der Waals surface area (Å²) in [6.07, 6.45) is 0. The summed E-state index contributed by atoms with van der Waals surface area (Å²) in [6, 6.07) is 0. The van der Waals surface area contributed by atoms with Crippen LogP contribution in [0.15, 0.2) is 0 Å². The fourth-order valence-electron chi connectivity index (χ4n) is 0. The monoisotopic (exact) mass is 228 g/mol. The molecular formula is H13CuN4O4S. The smallest absolute Gasteiger partial charge is 0.726 e. The first kappa shape index (κ1) is 48.7. The van der Waals surface area contributed by atoms with Crippen molar-refractivity contribution in [3.63, 3.8) is 0 Å². The Balaban J connectivity index is -0.00000000800. The van der Waals surface area contributed by atoms with E-state index in [1.165, 1.54) is 0 Å². The standard InChI is InChI=1S/Cu.4H3N.H2O4S/c;;;;;1-5(2,3)4/h;4*1H3;(H2,1,2,3,4)/q+1;;;;;/p-1. The van der Waals surface area contributed by atoms with E-state index in [1.807, 2.05) is 0 Å². The molecule has 0 unspecified atom stereocenters. The molecule has 0 atom stereocenters. The van der Waals surface area contributed by atoms with Gasteiger partial charge in [0.1, 0.15) is 0 Å². The third-order valence-corrected chi connectivity index (χ3v) is 0. The molecule has 0 aliphatic rings. The second kappa shape index (κ2) is 16.1. The molecule has 74 valence electrons. The number of hydrogen-bond donors (Lipinski definition) is 5. The maximum Gasteiger partial charge on any atom is 1.00 e.